The number of rotatable bonds is 7. The highest BCUT2D eigenvalue weighted by molar-refractivity contribution is 7.25. The molecular formula is C62H40N2S. The fourth-order valence-electron chi connectivity index (χ4n) is 10.2. The van der Waals surface area contributed by atoms with Crippen LogP contribution in [0.15, 0.2) is 243 Å². The van der Waals surface area contributed by atoms with Crippen LogP contribution in [-0.4, -0.2) is 4.57 Å². The topological polar surface area (TPSA) is 8.17 Å². The summed E-state index contributed by atoms with van der Waals surface area (Å²) < 4.78 is 4.99. The summed E-state index contributed by atoms with van der Waals surface area (Å²) in [6, 6.07) is 89.1. The summed E-state index contributed by atoms with van der Waals surface area (Å²) in [7, 11) is 0. The predicted octanol–water partition coefficient (Wildman–Crippen LogP) is 17.9. The van der Waals surface area contributed by atoms with Gasteiger partial charge in [0.25, 0.3) is 0 Å². The molecule has 0 bridgehead atoms. The maximum atomic E-state index is 2.47. The van der Waals surface area contributed by atoms with Crippen LogP contribution in [0.5, 0.6) is 0 Å². The van der Waals surface area contributed by atoms with Crippen LogP contribution < -0.4 is 4.90 Å². The lowest BCUT2D eigenvalue weighted by atomic mass is 9.91. The summed E-state index contributed by atoms with van der Waals surface area (Å²) in [6.45, 7) is 0. The lowest BCUT2D eigenvalue weighted by molar-refractivity contribution is 1.18. The van der Waals surface area contributed by atoms with Crippen LogP contribution in [0.3, 0.4) is 0 Å². The van der Waals surface area contributed by atoms with Crippen molar-refractivity contribution < 1.29 is 0 Å². The molecular weight excluding hydrogens is 805 g/mol. The quantitative estimate of drug-likeness (QED) is 0.145. The molecule has 0 atom stereocenters. The van der Waals surface area contributed by atoms with Gasteiger partial charge in [-0.15, -0.1) is 11.3 Å². The van der Waals surface area contributed by atoms with Gasteiger partial charge in [-0.1, -0.05) is 182 Å². The molecule has 0 radical (unpaired) electrons. The number of benzene rings is 11. The van der Waals surface area contributed by atoms with E-state index in [4.69, 9.17) is 0 Å². The van der Waals surface area contributed by atoms with E-state index in [0.717, 1.165) is 33.9 Å². The Hall–Kier alpha value is -8.24. The van der Waals surface area contributed by atoms with Crippen LogP contribution in [0, 0.1) is 0 Å². The minimum atomic E-state index is 1.08. The van der Waals surface area contributed by atoms with Crippen molar-refractivity contribution in [3.63, 3.8) is 0 Å². The van der Waals surface area contributed by atoms with E-state index in [1.165, 1.54) is 85.8 Å². The third-order valence-electron chi connectivity index (χ3n) is 13.2. The summed E-state index contributed by atoms with van der Waals surface area (Å²) in [4.78, 5) is 2.47. The highest BCUT2D eigenvalue weighted by Crippen LogP contribution is 2.47. The Bertz CT molecular complexity index is 3900. The summed E-state index contributed by atoms with van der Waals surface area (Å²) >= 11 is 1.86. The zero-order valence-electron chi connectivity index (χ0n) is 35.4. The number of anilines is 3. The van der Waals surface area contributed by atoms with Crippen molar-refractivity contribution in [2.24, 2.45) is 0 Å². The van der Waals surface area contributed by atoms with Gasteiger partial charge in [0.15, 0.2) is 0 Å². The van der Waals surface area contributed by atoms with Gasteiger partial charge in [0.05, 0.1) is 22.4 Å². The molecule has 65 heavy (non-hydrogen) atoms. The second kappa shape index (κ2) is 15.2. The van der Waals surface area contributed by atoms with Crippen molar-refractivity contribution in [2.75, 3.05) is 4.90 Å². The third kappa shape index (κ3) is 6.16. The first-order valence-electron chi connectivity index (χ1n) is 22.2. The number of thiophene rings is 1. The number of fused-ring (bicyclic) bond motifs is 9. The standard InChI is InChI=1S/C62H40N2S/c1-2-16-41(17-3-1)49-36-32-44(56-38-43-18-4-5-19-47(43)50-21-6-7-22-51(50)56)39-60(49)63(46-35-37-55-54-25-11-15-29-61(54)65-62(55)40-46)45-33-30-42(31-34-45)48-20-8-12-26-57(48)64-58-27-13-9-23-52(58)53-24-10-14-28-59(53)64/h1-40H. The molecule has 2 heterocycles. The molecule has 13 aromatic rings. The van der Waals surface area contributed by atoms with Crippen molar-refractivity contribution in [3.8, 4) is 39.1 Å². The molecule has 0 aliphatic carbocycles. The van der Waals surface area contributed by atoms with E-state index in [2.05, 4.69) is 252 Å². The van der Waals surface area contributed by atoms with Crippen molar-refractivity contribution >= 4 is 91.9 Å². The molecule has 0 fully saturated rings. The highest BCUT2D eigenvalue weighted by atomic mass is 32.1. The van der Waals surface area contributed by atoms with Crippen LogP contribution in [0.4, 0.5) is 17.1 Å². The molecule has 0 saturated heterocycles. The minimum Gasteiger partial charge on any atom is -0.310 e. The Labute approximate surface area is 381 Å². The van der Waals surface area contributed by atoms with E-state index >= 15 is 0 Å². The van der Waals surface area contributed by atoms with Crippen LogP contribution in [0.2, 0.25) is 0 Å². The Morgan fingerprint density at radius 2 is 0.877 bits per heavy atom. The van der Waals surface area contributed by atoms with E-state index < -0.39 is 0 Å². The number of nitrogens with zero attached hydrogens (tertiary/aromatic N) is 2. The Morgan fingerprint density at radius 3 is 1.66 bits per heavy atom. The van der Waals surface area contributed by atoms with E-state index in [9.17, 15) is 0 Å². The average Bonchev–Trinajstić information content (AvgIpc) is 3.92. The van der Waals surface area contributed by atoms with Gasteiger partial charge in [0.2, 0.25) is 0 Å². The molecule has 0 aliphatic rings. The molecule has 0 spiro atoms. The van der Waals surface area contributed by atoms with Gasteiger partial charge in [-0.2, -0.15) is 0 Å². The van der Waals surface area contributed by atoms with Crippen molar-refractivity contribution in [3.05, 3.63) is 243 Å². The molecule has 0 amide bonds. The fraction of sp³-hybridized carbons (Fsp3) is 0. The zero-order chi connectivity index (χ0) is 42.8. The maximum Gasteiger partial charge on any atom is 0.0546 e. The van der Waals surface area contributed by atoms with Crippen LogP contribution in [-0.2, 0) is 0 Å². The smallest absolute Gasteiger partial charge is 0.0546 e. The van der Waals surface area contributed by atoms with Gasteiger partial charge in [0.1, 0.15) is 0 Å². The lowest BCUT2D eigenvalue weighted by Crippen LogP contribution is -2.11. The monoisotopic (exact) mass is 844 g/mol. The number of hydrogen-bond donors (Lipinski definition) is 0. The molecule has 0 unspecified atom stereocenters. The minimum absolute atomic E-state index is 1.08. The van der Waals surface area contributed by atoms with E-state index in [0.29, 0.717) is 0 Å². The first-order chi connectivity index (χ1) is 32.2. The normalized spacial score (nSPS) is 11.7. The van der Waals surface area contributed by atoms with Crippen LogP contribution >= 0.6 is 11.3 Å². The lowest BCUT2D eigenvalue weighted by Gasteiger charge is -2.29. The van der Waals surface area contributed by atoms with Gasteiger partial charge < -0.3 is 9.47 Å². The van der Waals surface area contributed by atoms with Gasteiger partial charge in [-0.25, -0.2) is 0 Å². The number of hydrogen-bond acceptors (Lipinski definition) is 2. The molecule has 11 aromatic carbocycles. The summed E-state index contributed by atoms with van der Waals surface area (Å²) in [5.41, 5.74) is 13.9. The van der Waals surface area contributed by atoms with E-state index in [1.54, 1.807) is 0 Å². The molecule has 0 N–H and O–H groups in total. The van der Waals surface area contributed by atoms with Crippen molar-refractivity contribution in [2.45, 2.75) is 0 Å². The number of aromatic nitrogens is 1. The molecule has 13 rings (SSSR count). The van der Waals surface area contributed by atoms with Crippen molar-refractivity contribution in [1.82, 2.24) is 4.57 Å². The summed E-state index contributed by atoms with van der Waals surface area (Å²) in [5.74, 6) is 0. The highest BCUT2D eigenvalue weighted by Gasteiger charge is 2.22. The Morgan fingerprint density at radius 1 is 0.308 bits per heavy atom. The van der Waals surface area contributed by atoms with Crippen molar-refractivity contribution in [1.29, 1.82) is 0 Å². The average molecular weight is 845 g/mol. The summed E-state index contributed by atoms with van der Waals surface area (Å²) in [6.07, 6.45) is 0. The second-order valence-electron chi connectivity index (χ2n) is 16.8. The zero-order valence-corrected chi connectivity index (χ0v) is 36.2. The van der Waals surface area contributed by atoms with Gasteiger partial charge in [-0.3, -0.25) is 0 Å². The SMILES string of the molecule is c1ccc(-c2ccc(-c3cc4ccccc4c4ccccc34)cc2N(c2ccc(-c3ccccc3-n3c4ccccc4c4ccccc43)cc2)c2ccc3c(c2)sc2ccccc23)cc1. The maximum absolute atomic E-state index is 2.47. The largest absolute Gasteiger partial charge is 0.310 e. The second-order valence-corrected chi connectivity index (χ2v) is 17.9. The first-order valence-corrected chi connectivity index (χ1v) is 23.1. The first kappa shape index (κ1) is 37.3. The molecule has 0 saturated carbocycles. The molecule has 0 aliphatic heterocycles. The van der Waals surface area contributed by atoms with Crippen LogP contribution in [0.25, 0.3) is 103 Å². The molecule has 3 heteroatoms. The molecule has 304 valence electrons. The molecule has 2 aromatic heterocycles. The fourth-order valence-corrected chi connectivity index (χ4v) is 11.3. The molecule has 2 nitrogen and oxygen atoms in total. The van der Waals surface area contributed by atoms with E-state index in [-0.39, 0.29) is 0 Å². The third-order valence-corrected chi connectivity index (χ3v) is 14.3. The number of para-hydroxylation sites is 3. The Balaban J connectivity index is 1.03. The predicted molar refractivity (Wildman–Crippen MR) is 280 cm³/mol. The van der Waals surface area contributed by atoms with Gasteiger partial charge in [-0.05, 0) is 104 Å². The Kier molecular flexibility index (Phi) is 8.75. The van der Waals surface area contributed by atoms with Crippen LogP contribution in [0.1, 0.15) is 0 Å². The van der Waals surface area contributed by atoms with Gasteiger partial charge >= 0.3 is 0 Å². The van der Waals surface area contributed by atoms with E-state index in [1.807, 2.05) is 11.3 Å². The summed E-state index contributed by atoms with van der Waals surface area (Å²) in [5, 5.41) is 10.1. The van der Waals surface area contributed by atoms with Gasteiger partial charge in [0, 0.05) is 53.4 Å².